The number of hydrogen-bond acceptors (Lipinski definition) is 4. The number of benzene rings is 1. The number of nitrogens with one attached hydrogen (secondary N) is 1. The second-order valence-corrected chi connectivity index (χ2v) is 5.34. The van der Waals surface area contributed by atoms with Crippen molar-refractivity contribution in [3.63, 3.8) is 0 Å². The van der Waals surface area contributed by atoms with Gasteiger partial charge in [0.1, 0.15) is 11.9 Å². The molecule has 0 saturated carbocycles. The van der Waals surface area contributed by atoms with E-state index in [9.17, 15) is 0 Å². The molecule has 5 nitrogen and oxygen atoms in total. The first-order valence-corrected chi connectivity index (χ1v) is 6.86. The molecule has 1 N–H and O–H groups in total. The van der Waals surface area contributed by atoms with Gasteiger partial charge in [0, 0.05) is 31.9 Å². The fourth-order valence-electron chi connectivity index (χ4n) is 2.54. The standard InChI is InChI=1S/C15H20N4O/c1-18(9-12-7-17-19(2)10-12)11-13-8-16-14-5-3-4-6-15(14)20-13/h3-7,10,13,16H,8-9,11H2,1-2H3. The van der Waals surface area contributed by atoms with E-state index in [2.05, 4.69) is 22.4 Å². The van der Waals surface area contributed by atoms with E-state index in [1.54, 1.807) is 0 Å². The van der Waals surface area contributed by atoms with Crippen LogP contribution in [0.25, 0.3) is 0 Å². The van der Waals surface area contributed by atoms with Crippen molar-refractivity contribution in [1.82, 2.24) is 14.7 Å². The second kappa shape index (κ2) is 5.54. The van der Waals surface area contributed by atoms with Crippen molar-refractivity contribution in [3.05, 3.63) is 42.2 Å². The molecular formula is C15H20N4O. The van der Waals surface area contributed by atoms with E-state index in [4.69, 9.17) is 4.74 Å². The summed E-state index contributed by atoms with van der Waals surface area (Å²) in [7, 11) is 4.05. The van der Waals surface area contributed by atoms with E-state index in [1.165, 1.54) is 5.56 Å². The predicted octanol–water partition coefficient (Wildman–Crippen LogP) is 1.72. The molecule has 2 aromatic rings. The highest BCUT2D eigenvalue weighted by Crippen LogP contribution is 2.28. The first-order valence-electron chi connectivity index (χ1n) is 6.86. The minimum Gasteiger partial charge on any atom is -0.485 e. The van der Waals surface area contributed by atoms with Gasteiger partial charge in [0.15, 0.2) is 0 Å². The average molecular weight is 272 g/mol. The van der Waals surface area contributed by atoms with E-state index in [1.807, 2.05) is 48.4 Å². The van der Waals surface area contributed by atoms with Crippen LogP contribution in [0.3, 0.4) is 0 Å². The van der Waals surface area contributed by atoms with Crippen molar-refractivity contribution in [2.24, 2.45) is 7.05 Å². The summed E-state index contributed by atoms with van der Waals surface area (Å²) in [6.07, 6.45) is 4.13. The lowest BCUT2D eigenvalue weighted by molar-refractivity contribution is 0.148. The van der Waals surface area contributed by atoms with Crippen LogP contribution in [0.5, 0.6) is 5.75 Å². The molecule has 0 fully saturated rings. The second-order valence-electron chi connectivity index (χ2n) is 5.34. The maximum absolute atomic E-state index is 6.02. The molecule has 106 valence electrons. The molecule has 1 aromatic heterocycles. The van der Waals surface area contributed by atoms with Gasteiger partial charge in [0.25, 0.3) is 0 Å². The number of nitrogens with zero attached hydrogens (tertiary/aromatic N) is 3. The number of ether oxygens (including phenoxy) is 1. The van der Waals surface area contributed by atoms with Crippen molar-refractivity contribution >= 4 is 5.69 Å². The fraction of sp³-hybridized carbons (Fsp3) is 0.400. The maximum atomic E-state index is 6.02. The monoisotopic (exact) mass is 272 g/mol. The van der Waals surface area contributed by atoms with Gasteiger partial charge in [-0.25, -0.2) is 0 Å². The molecule has 0 bridgehead atoms. The van der Waals surface area contributed by atoms with Gasteiger partial charge in [-0.1, -0.05) is 12.1 Å². The molecule has 0 spiro atoms. The largest absolute Gasteiger partial charge is 0.485 e. The Labute approximate surface area is 119 Å². The summed E-state index contributed by atoms with van der Waals surface area (Å²) in [6.45, 7) is 2.61. The van der Waals surface area contributed by atoms with Gasteiger partial charge in [-0.15, -0.1) is 0 Å². The molecule has 5 heteroatoms. The Morgan fingerprint density at radius 3 is 3.10 bits per heavy atom. The lowest BCUT2D eigenvalue weighted by Gasteiger charge is -2.30. The molecule has 0 aliphatic carbocycles. The first-order chi connectivity index (χ1) is 9.70. The predicted molar refractivity (Wildman–Crippen MR) is 78.9 cm³/mol. The van der Waals surface area contributed by atoms with E-state index >= 15 is 0 Å². The summed E-state index contributed by atoms with van der Waals surface area (Å²) in [4.78, 5) is 2.26. The zero-order valence-electron chi connectivity index (χ0n) is 11.9. The zero-order chi connectivity index (χ0) is 13.9. The number of para-hydroxylation sites is 2. The molecular weight excluding hydrogens is 252 g/mol. The number of aryl methyl sites for hydroxylation is 1. The average Bonchev–Trinajstić information content (AvgIpc) is 2.83. The number of aromatic nitrogens is 2. The quantitative estimate of drug-likeness (QED) is 0.920. The van der Waals surface area contributed by atoms with Gasteiger partial charge in [0.2, 0.25) is 0 Å². The van der Waals surface area contributed by atoms with Crippen LogP contribution >= 0.6 is 0 Å². The highest BCUT2D eigenvalue weighted by atomic mass is 16.5. The molecule has 1 aromatic carbocycles. The summed E-state index contributed by atoms with van der Waals surface area (Å²) in [5.74, 6) is 0.943. The van der Waals surface area contributed by atoms with E-state index < -0.39 is 0 Å². The summed E-state index contributed by atoms with van der Waals surface area (Å²) in [5.41, 5.74) is 2.30. The third-order valence-electron chi connectivity index (χ3n) is 3.43. The molecule has 1 aliphatic heterocycles. The van der Waals surface area contributed by atoms with Gasteiger partial charge in [-0.3, -0.25) is 9.58 Å². The minimum absolute atomic E-state index is 0.173. The van der Waals surface area contributed by atoms with Crippen LogP contribution in [0, 0.1) is 0 Å². The third kappa shape index (κ3) is 2.93. The Bertz CT molecular complexity index is 581. The van der Waals surface area contributed by atoms with Crippen molar-refractivity contribution in [2.75, 3.05) is 25.5 Å². The summed E-state index contributed by atoms with van der Waals surface area (Å²) >= 11 is 0. The zero-order valence-corrected chi connectivity index (χ0v) is 11.9. The molecule has 0 saturated heterocycles. The number of fused-ring (bicyclic) bond motifs is 1. The molecule has 3 rings (SSSR count). The Morgan fingerprint density at radius 2 is 2.30 bits per heavy atom. The third-order valence-corrected chi connectivity index (χ3v) is 3.43. The Balaban J connectivity index is 1.56. The number of rotatable bonds is 4. The fourth-order valence-corrected chi connectivity index (χ4v) is 2.54. The number of likely N-dealkylation sites (N-methyl/N-ethyl adjacent to an activating group) is 1. The summed E-state index contributed by atoms with van der Waals surface area (Å²) in [6, 6.07) is 8.08. The Hall–Kier alpha value is -2.01. The van der Waals surface area contributed by atoms with Crippen LogP contribution in [0.1, 0.15) is 5.56 Å². The molecule has 1 aliphatic rings. The van der Waals surface area contributed by atoms with Gasteiger partial charge >= 0.3 is 0 Å². The lowest BCUT2D eigenvalue weighted by Crippen LogP contribution is -2.40. The van der Waals surface area contributed by atoms with Crippen molar-refractivity contribution in [1.29, 1.82) is 0 Å². The van der Waals surface area contributed by atoms with E-state index in [-0.39, 0.29) is 6.10 Å². The van der Waals surface area contributed by atoms with Crippen LogP contribution in [0.2, 0.25) is 0 Å². The SMILES string of the molecule is CN(Cc1cnn(C)c1)CC1CNc2ccccc2O1. The Kier molecular flexibility index (Phi) is 3.60. The smallest absolute Gasteiger partial charge is 0.142 e. The molecule has 0 amide bonds. The maximum Gasteiger partial charge on any atom is 0.142 e. The van der Waals surface area contributed by atoms with E-state index in [0.29, 0.717) is 0 Å². The normalized spacial score (nSPS) is 17.4. The lowest BCUT2D eigenvalue weighted by atomic mass is 10.2. The Morgan fingerprint density at radius 1 is 1.45 bits per heavy atom. The van der Waals surface area contributed by atoms with Crippen molar-refractivity contribution in [3.8, 4) is 5.75 Å². The van der Waals surface area contributed by atoms with Gasteiger partial charge < -0.3 is 10.1 Å². The van der Waals surface area contributed by atoms with Crippen molar-refractivity contribution < 1.29 is 4.74 Å². The first kappa shape index (κ1) is 13.0. The highest BCUT2D eigenvalue weighted by molar-refractivity contribution is 5.57. The van der Waals surface area contributed by atoms with Crippen molar-refractivity contribution in [2.45, 2.75) is 12.6 Å². The van der Waals surface area contributed by atoms with Gasteiger partial charge in [-0.05, 0) is 19.2 Å². The van der Waals surface area contributed by atoms with Crippen LogP contribution in [0.15, 0.2) is 36.7 Å². The van der Waals surface area contributed by atoms with E-state index in [0.717, 1.165) is 31.1 Å². The van der Waals surface area contributed by atoms with Gasteiger partial charge in [0.05, 0.1) is 18.4 Å². The molecule has 20 heavy (non-hydrogen) atoms. The molecule has 1 unspecified atom stereocenters. The van der Waals surface area contributed by atoms with Crippen LogP contribution < -0.4 is 10.1 Å². The summed E-state index contributed by atoms with van der Waals surface area (Å²) < 4.78 is 7.85. The van der Waals surface area contributed by atoms with Crippen LogP contribution in [-0.2, 0) is 13.6 Å². The van der Waals surface area contributed by atoms with Crippen LogP contribution in [-0.4, -0.2) is 40.9 Å². The number of anilines is 1. The minimum atomic E-state index is 0.173. The molecule has 2 heterocycles. The molecule has 0 radical (unpaired) electrons. The van der Waals surface area contributed by atoms with Crippen LogP contribution in [0.4, 0.5) is 5.69 Å². The molecule has 1 atom stereocenters. The highest BCUT2D eigenvalue weighted by Gasteiger charge is 2.20. The number of hydrogen-bond donors (Lipinski definition) is 1. The summed E-state index contributed by atoms with van der Waals surface area (Å²) in [5, 5.41) is 7.61. The topological polar surface area (TPSA) is 42.3 Å². The van der Waals surface area contributed by atoms with Gasteiger partial charge in [-0.2, -0.15) is 5.10 Å².